The van der Waals surface area contributed by atoms with Crippen molar-refractivity contribution in [1.82, 2.24) is 9.97 Å². The Morgan fingerprint density at radius 3 is 2.71 bits per heavy atom. The van der Waals surface area contributed by atoms with Gasteiger partial charge in [-0.3, -0.25) is 14.7 Å². The second-order valence-corrected chi connectivity index (χ2v) is 8.47. The number of carbonyl (C=O) groups excluding carboxylic acids is 1. The molecule has 7 heteroatoms. The maximum Gasteiger partial charge on any atom is 0.273 e. The number of carbonyl (C=O) groups is 1. The highest BCUT2D eigenvalue weighted by Gasteiger charge is 2.33. The standard InChI is InChI=1S/C24H21N3O3S/c1-15-10-11-21-22(16(15)2)26-24(31-21)27(13-17-7-5-6-12-25-17)23(28)20-14-29-18-8-3-4-9-19(18)30-20/h3-12,20H,13-14H2,1-2H3/t20-/m0/s1. The number of aryl methyl sites for hydroxylation is 2. The van der Waals surface area contributed by atoms with Crippen LogP contribution in [0.4, 0.5) is 5.13 Å². The van der Waals surface area contributed by atoms with Crippen LogP contribution in [0.1, 0.15) is 16.8 Å². The van der Waals surface area contributed by atoms with E-state index in [1.165, 1.54) is 16.9 Å². The molecule has 0 unspecified atom stereocenters. The van der Waals surface area contributed by atoms with E-state index in [0.29, 0.717) is 23.2 Å². The number of pyridine rings is 1. The fourth-order valence-corrected chi connectivity index (χ4v) is 4.57. The number of hydrogen-bond donors (Lipinski definition) is 0. The van der Waals surface area contributed by atoms with Crippen molar-refractivity contribution >= 4 is 32.6 Å². The summed E-state index contributed by atoms with van der Waals surface area (Å²) in [6.45, 7) is 4.58. The third-order valence-electron chi connectivity index (χ3n) is 5.40. The molecular formula is C24H21N3O3S. The van der Waals surface area contributed by atoms with E-state index in [1.54, 1.807) is 11.1 Å². The lowest BCUT2D eigenvalue weighted by molar-refractivity contribution is -0.127. The maximum atomic E-state index is 13.6. The summed E-state index contributed by atoms with van der Waals surface area (Å²) in [5, 5.41) is 0.627. The van der Waals surface area contributed by atoms with Crippen LogP contribution in [-0.4, -0.2) is 28.6 Å². The number of hydrogen-bond acceptors (Lipinski definition) is 6. The third kappa shape index (κ3) is 3.72. The Labute approximate surface area is 184 Å². The SMILES string of the molecule is Cc1ccc2sc(N(Cc3ccccn3)C(=O)[C@@H]3COc4ccccc4O3)nc2c1C. The van der Waals surface area contributed by atoms with Gasteiger partial charge in [0, 0.05) is 6.20 Å². The van der Waals surface area contributed by atoms with Crippen molar-refractivity contribution in [2.24, 2.45) is 0 Å². The van der Waals surface area contributed by atoms with Gasteiger partial charge in [-0.25, -0.2) is 4.98 Å². The first kappa shape index (κ1) is 19.5. The van der Waals surface area contributed by atoms with Gasteiger partial charge in [0.1, 0.15) is 6.61 Å². The Kier molecular flexibility index (Phi) is 5.03. The summed E-state index contributed by atoms with van der Waals surface area (Å²) >= 11 is 1.50. The fourth-order valence-electron chi connectivity index (χ4n) is 3.54. The average Bonchev–Trinajstić information content (AvgIpc) is 3.25. The highest BCUT2D eigenvalue weighted by molar-refractivity contribution is 7.22. The van der Waals surface area contributed by atoms with E-state index in [4.69, 9.17) is 14.5 Å². The molecule has 0 fully saturated rings. The van der Waals surface area contributed by atoms with Crippen molar-refractivity contribution in [2.45, 2.75) is 26.5 Å². The molecule has 0 saturated carbocycles. The first-order chi connectivity index (χ1) is 15.1. The molecule has 0 aliphatic carbocycles. The first-order valence-corrected chi connectivity index (χ1v) is 10.9. The monoisotopic (exact) mass is 431 g/mol. The number of ether oxygens (including phenoxy) is 2. The minimum atomic E-state index is -0.756. The molecule has 0 bridgehead atoms. The number of benzene rings is 2. The van der Waals surface area contributed by atoms with Crippen LogP contribution in [0.15, 0.2) is 60.8 Å². The molecule has 1 aliphatic heterocycles. The normalized spacial score (nSPS) is 15.1. The zero-order valence-corrected chi connectivity index (χ0v) is 18.1. The molecule has 2 aromatic carbocycles. The van der Waals surface area contributed by atoms with Gasteiger partial charge >= 0.3 is 0 Å². The van der Waals surface area contributed by atoms with Crippen LogP contribution in [0, 0.1) is 13.8 Å². The summed E-state index contributed by atoms with van der Waals surface area (Å²) in [6, 6.07) is 17.2. The topological polar surface area (TPSA) is 64.6 Å². The Morgan fingerprint density at radius 1 is 1.10 bits per heavy atom. The molecule has 31 heavy (non-hydrogen) atoms. The lowest BCUT2D eigenvalue weighted by Crippen LogP contribution is -2.46. The quantitative estimate of drug-likeness (QED) is 0.469. The van der Waals surface area contributed by atoms with Crippen LogP contribution in [0.3, 0.4) is 0 Å². The molecule has 156 valence electrons. The first-order valence-electron chi connectivity index (χ1n) is 10.1. The van der Waals surface area contributed by atoms with Crippen molar-refractivity contribution < 1.29 is 14.3 Å². The zero-order valence-electron chi connectivity index (χ0n) is 17.2. The van der Waals surface area contributed by atoms with Crippen LogP contribution < -0.4 is 14.4 Å². The lowest BCUT2D eigenvalue weighted by atomic mass is 10.1. The minimum Gasteiger partial charge on any atom is -0.485 e. The van der Waals surface area contributed by atoms with Crippen molar-refractivity contribution in [2.75, 3.05) is 11.5 Å². The van der Waals surface area contributed by atoms with E-state index in [1.807, 2.05) is 42.5 Å². The number of amides is 1. The highest BCUT2D eigenvalue weighted by Crippen LogP contribution is 2.35. The van der Waals surface area contributed by atoms with E-state index >= 15 is 0 Å². The molecule has 2 aromatic heterocycles. The van der Waals surface area contributed by atoms with Crippen LogP contribution in [0.5, 0.6) is 11.5 Å². The summed E-state index contributed by atoms with van der Waals surface area (Å²) in [5.41, 5.74) is 3.99. The molecule has 1 aliphatic rings. The summed E-state index contributed by atoms with van der Waals surface area (Å²) < 4.78 is 12.8. The van der Waals surface area contributed by atoms with Gasteiger partial charge in [-0.1, -0.05) is 35.6 Å². The van der Waals surface area contributed by atoms with Crippen molar-refractivity contribution in [1.29, 1.82) is 0 Å². The smallest absolute Gasteiger partial charge is 0.273 e. The summed E-state index contributed by atoms with van der Waals surface area (Å²) in [7, 11) is 0. The second kappa shape index (κ2) is 8.00. The third-order valence-corrected chi connectivity index (χ3v) is 6.44. The number of nitrogens with zero attached hydrogens (tertiary/aromatic N) is 3. The van der Waals surface area contributed by atoms with E-state index in [0.717, 1.165) is 21.5 Å². The van der Waals surface area contributed by atoms with Gasteiger partial charge in [0.2, 0.25) is 6.10 Å². The average molecular weight is 432 g/mol. The van der Waals surface area contributed by atoms with Crippen LogP contribution in [0.25, 0.3) is 10.2 Å². The number of anilines is 1. The molecule has 0 radical (unpaired) electrons. The molecule has 3 heterocycles. The van der Waals surface area contributed by atoms with E-state index in [-0.39, 0.29) is 12.5 Å². The highest BCUT2D eigenvalue weighted by atomic mass is 32.1. The van der Waals surface area contributed by atoms with Gasteiger partial charge in [-0.05, 0) is 55.3 Å². The van der Waals surface area contributed by atoms with Gasteiger partial charge in [-0.15, -0.1) is 0 Å². The summed E-state index contributed by atoms with van der Waals surface area (Å²) in [4.78, 5) is 24.5. The lowest BCUT2D eigenvalue weighted by Gasteiger charge is -2.29. The van der Waals surface area contributed by atoms with Gasteiger partial charge in [-0.2, -0.15) is 0 Å². The molecule has 6 nitrogen and oxygen atoms in total. The largest absolute Gasteiger partial charge is 0.485 e. The number of rotatable bonds is 4. The van der Waals surface area contributed by atoms with Gasteiger partial charge in [0.15, 0.2) is 16.6 Å². The number of fused-ring (bicyclic) bond motifs is 2. The minimum absolute atomic E-state index is 0.150. The van der Waals surface area contributed by atoms with Crippen molar-refractivity contribution in [3.8, 4) is 11.5 Å². The Hall–Kier alpha value is -3.45. The maximum absolute atomic E-state index is 13.6. The summed E-state index contributed by atoms with van der Waals surface area (Å²) in [6.07, 6.45) is 0.966. The molecule has 0 N–H and O–H groups in total. The summed E-state index contributed by atoms with van der Waals surface area (Å²) in [5.74, 6) is 1.02. The number of thiazole rings is 1. The van der Waals surface area contributed by atoms with Crippen LogP contribution in [0.2, 0.25) is 0 Å². The predicted octanol–water partition coefficient (Wildman–Crippen LogP) is 4.68. The van der Waals surface area contributed by atoms with Gasteiger partial charge < -0.3 is 9.47 Å². The fraction of sp³-hybridized carbons (Fsp3) is 0.208. The van der Waals surface area contributed by atoms with E-state index in [9.17, 15) is 4.79 Å². The molecule has 1 amide bonds. The Balaban J connectivity index is 1.52. The van der Waals surface area contributed by atoms with Gasteiger partial charge in [0.25, 0.3) is 5.91 Å². The van der Waals surface area contributed by atoms with Crippen LogP contribution in [-0.2, 0) is 11.3 Å². The molecule has 4 aromatic rings. The molecular weight excluding hydrogens is 410 g/mol. The molecule has 0 saturated heterocycles. The van der Waals surface area contributed by atoms with Crippen LogP contribution >= 0.6 is 11.3 Å². The molecule has 1 atom stereocenters. The molecule has 0 spiro atoms. The zero-order chi connectivity index (χ0) is 21.4. The predicted molar refractivity (Wildman–Crippen MR) is 121 cm³/mol. The second-order valence-electron chi connectivity index (χ2n) is 7.46. The molecule has 5 rings (SSSR count). The Bertz CT molecular complexity index is 1260. The Morgan fingerprint density at radius 2 is 1.90 bits per heavy atom. The van der Waals surface area contributed by atoms with Crippen molar-refractivity contribution in [3.05, 3.63) is 77.6 Å². The van der Waals surface area contributed by atoms with E-state index < -0.39 is 6.10 Å². The number of para-hydroxylation sites is 2. The van der Waals surface area contributed by atoms with E-state index in [2.05, 4.69) is 31.0 Å². The van der Waals surface area contributed by atoms with Crippen molar-refractivity contribution in [3.63, 3.8) is 0 Å². The number of aromatic nitrogens is 2. The van der Waals surface area contributed by atoms with Gasteiger partial charge in [0.05, 0.1) is 22.5 Å².